The highest BCUT2D eigenvalue weighted by molar-refractivity contribution is 7.89. The van der Waals surface area contributed by atoms with Crippen molar-refractivity contribution in [2.24, 2.45) is 5.14 Å². The van der Waals surface area contributed by atoms with Crippen LogP contribution >= 0.6 is 0 Å². The minimum atomic E-state index is -4.14. The topological polar surface area (TPSA) is 122 Å². The van der Waals surface area contributed by atoms with Crippen molar-refractivity contribution >= 4 is 15.7 Å². The third-order valence-electron chi connectivity index (χ3n) is 2.79. The van der Waals surface area contributed by atoms with E-state index in [1.807, 2.05) is 0 Å². The van der Waals surface area contributed by atoms with E-state index in [1.54, 1.807) is 14.0 Å². The average Bonchev–Trinajstić information content (AvgIpc) is 2.36. The molecule has 0 aliphatic rings. The number of methoxy groups -OCH3 is 1. The molecule has 1 atom stereocenters. The molecule has 118 valence electrons. The normalized spacial score (nSPS) is 13.0. The van der Waals surface area contributed by atoms with Crippen LogP contribution in [0.25, 0.3) is 0 Å². The van der Waals surface area contributed by atoms with E-state index < -0.39 is 19.8 Å². The lowest BCUT2D eigenvalue weighted by molar-refractivity contribution is -0.385. The van der Waals surface area contributed by atoms with Gasteiger partial charge in [0, 0.05) is 32.3 Å². The first-order chi connectivity index (χ1) is 9.66. The number of nitro groups is 1. The number of nitrogens with two attached hydrogens (primary N) is 1. The Balaban J connectivity index is 3.27. The maximum atomic E-state index is 11.6. The molecule has 0 heterocycles. The predicted molar refractivity (Wildman–Crippen MR) is 75.8 cm³/mol. The van der Waals surface area contributed by atoms with Crippen molar-refractivity contribution in [2.45, 2.75) is 31.3 Å². The zero-order chi connectivity index (χ0) is 16.2. The third-order valence-corrected chi connectivity index (χ3v) is 3.71. The Morgan fingerprint density at radius 2 is 2.05 bits per heavy atom. The first-order valence-electron chi connectivity index (χ1n) is 6.14. The van der Waals surface area contributed by atoms with Crippen LogP contribution in [0.15, 0.2) is 17.0 Å². The van der Waals surface area contributed by atoms with Gasteiger partial charge < -0.3 is 9.47 Å². The van der Waals surface area contributed by atoms with Gasteiger partial charge in [0.05, 0.1) is 11.0 Å². The summed E-state index contributed by atoms with van der Waals surface area (Å²) in [6, 6.07) is 2.15. The number of rotatable bonds is 7. The van der Waals surface area contributed by atoms with E-state index in [0.29, 0.717) is 18.6 Å². The molecule has 0 saturated carbocycles. The molecule has 0 saturated heterocycles. The summed E-state index contributed by atoms with van der Waals surface area (Å²) in [5.41, 5.74) is -0.0223. The second-order valence-electron chi connectivity index (χ2n) is 4.60. The second-order valence-corrected chi connectivity index (χ2v) is 6.13. The van der Waals surface area contributed by atoms with Gasteiger partial charge in [-0.25, -0.2) is 13.6 Å². The lowest BCUT2D eigenvalue weighted by atomic mass is 10.2. The number of hydrogen-bond donors (Lipinski definition) is 1. The van der Waals surface area contributed by atoms with Gasteiger partial charge in [-0.2, -0.15) is 0 Å². The van der Waals surface area contributed by atoms with Crippen molar-refractivity contribution in [1.29, 1.82) is 0 Å². The lowest BCUT2D eigenvalue weighted by Crippen LogP contribution is -2.19. The van der Waals surface area contributed by atoms with Gasteiger partial charge in [0.2, 0.25) is 10.0 Å². The van der Waals surface area contributed by atoms with Gasteiger partial charge in [0.1, 0.15) is 10.6 Å². The zero-order valence-corrected chi connectivity index (χ0v) is 12.8. The van der Waals surface area contributed by atoms with Gasteiger partial charge in [-0.1, -0.05) is 0 Å². The fraction of sp³-hybridized carbons (Fsp3) is 0.500. The van der Waals surface area contributed by atoms with Crippen LogP contribution in [0.4, 0.5) is 5.69 Å². The van der Waals surface area contributed by atoms with Crippen LogP contribution in [0.1, 0.15) is 18.9 Å². The highest BCUT2D eigenvalue weighted by Gasteiger charge is 2.24. The Kier molecular flexibility index (Phi) is 5.64. The van der Waals surface area contributed by atoms with Gasteiger partial charge in [0.15, 0.2) is 0 Å². The smallest absolute Gasteiger partial charge is 0.271 e. The van der Waals surface area contributed by atoms with Crippen molar-refractivity contribution in [3.05, 3.63) is 27.8 Å². The van der Waals surface area contributed by atoms with Crippen LogP contribution in [-0.2, 0) is 14.8 Å². The van der Waals surface area contributed by atoms with Crippen LogP contribution in [0.5, 0.6) is 5.75 Å². The van der Waals surface area contributed by atoms with Crippen LogP contribution in [0.2, 0.25) is 0 Å². The number of nitro benzene ring substituents is 1. The third kappa shape index (κ3) is 4.66. The number of primary sulfonamides is 1. The highest BCUT2D eigenvalue weighted by Crippen LogP contribution is 2.32. The minimum Gasteiger partial charge on any atom is -0.489 e. The van der Waals surface area contributed by atoms with E-state index in [1.165, 1.54) is 13.0 Å². The fourth-order valence-corrected chi connectivity index (χ4v) is 2.49. The van der Waals surface area contributed by atoms with Crippen molar-refractivity contribution < 1.29 is 22.8 Å². The van der Waals surface area contributed by atoms with Gasteiger partial charge in [0.25, 0.3) is 5.69 Å². The average molecular weight is 318 g/mol. The number of hydrogen-bond acceptors (Lipinski definition) is 6. The zero-order valence-electron chi connectivity index (χ0n) is 12.0. The molecule has 0 radical (unpaired) electrons. The molecule has 1 aromatic rings. The Morgan fingerprint density at radius 3 is 2.52 bits per heavy atom. The molecule has 8 nitrogen and oxygen atoms in total. The number of benzene rings is 1. The van der Waals surface area contributed by atoms with E-state index >= 15 is 0 Å². The van der Waals surface area contributed by atoms with Crippen LogP contribution in [0.3, 0.4) is 0 Å². The Labute approximate surface area is 123 Å². The molecule has 9 heteroatoms. The quantitative estimate of drug-likeness (QED) is 0.598. The van der Waals surface area contributed by atoms with Crippen LogP contribution in [-0.4, -0.2) is 33.2 Å². The van der Waals surface area contributed by atoms with E-state index in [2.05, 4.69) is 0 Å². The number of aryl methyl sites for hydroxylation is 1. The molecule has 1 aromatic carbocycles. The molecule has 0 aliphatic heterocycles. The fourth-order valence-electron chi connectivity index (χ4n) is 1.73. The SMILES string of the molecule is COCCC(C)Oc1c(C)cc([N+](=O)[O-])cc1S(N)(=O)=O. The van der Waals surface area contributed by atoms with E-state index in [0.717, 1.165) is 6.07 Å². The summed E-state index contributed by atoms with van der Waals surface area (Å²) in [5, 5.41) is 15.9. The molecule has 0 aliphatic carbocycles. The lowest BCUT2D eigenvalue weighted by Gasteiger charge is -2.18. The molecule has 1 rings (SSSR count). The van der Waals surface area contributed by atoms with Gasteiger partial charge in [-0.3, -0.25) is 10.1 Å². The molecule has 21 heavy (non-hydrogen) atoms. The molecule has 0 spiro atoms. The highest BCUT2D eigenvalue weighted by atomic mass is 32.2. The van der Waals surface area contributed by atoms with Crippen molar-refractivity contribution in [2.75, 3.05) is 13.7 Å². The Morgan fingerprint density at radius 1 is 1.43 bits per heavy atom. The monoisotopic (exact) mass is 318 g/mol. The molecule has 2 N–H and O–H groups in total. The molecule has 0 fully saturated rings. The van der Waals surface area contributed by atoms with Crippen molar-refractivity contribution in [3.63, 3.8) is 0 Å². The van der Waals surface area contributed by atoms with Gasteiger partial charge in [-0.15, -0.1) is 0 Å². The maximum absolute atomic E-state index is 11.6. The summed E-state index contributed by atoms with van der Waals surface area (Å²) >= 11 is 0. The summed E-state index contributed by atoms with van der Waals surface area (Å²) < 4.78 is 33.7. The summed E-state index contributed by atoms with van der Waals surface area (Å²) in [4.78, 5) is 9.75. The van der Waals surface area contributed by atoms with Crippen molar-refractivity contribution in [1.82, 2.24) is 0 Å². The summed E-state index contributed by atoms with van der Waals surface area (Å²) in [6.45, 7) is 3.71. The van der Waals surface area contributed by atoms with E-state index in [4.69, 9.17) is 14.6 Å². The molecular formula is C12H18N2O6S. The van der Waals surface area contributed by atoms with Gasteiger partial charge in [-0.05, 0) is 19.4 Å². The molecule has 0 aromatic heterocycles. The largest absolute Gasteiger partial charge is 0.489 e. The standard InChI is InChI=1S/C12H18N2O6S/c1-8-6-10(14(15)16)7-11(21(13,17)18)12(8)20-9(2)4-5-19-3/h6-7,9H,4-5H2,1-3H3,(H2,13,17,18). The number of nitrogens with zero attached hydrogens (tertiary/aromatic N) is 1. The Bertz CT molecular complexity index is 629. The first kappa shape index (κ1) is 17.3. The van der Waals surface area contributed by atoms with Crippen LogP contribution in [0, 0.1) is 17.0 Å². The van der Waals surface area contributed by atoms with Crippen LogP contribution < -0.4 is 9.88 Å². The first-order valence-corrected chi connectivity index (χ1v) is 7.69. The number of ether oxygens (including phenoxy) is 2. The number of sulfonamides is 1. The molecule has 1 unspecified atom stereocenters. The summed E-state index contributed by atoms with van der Waals surface area (Å²) in [5.74, 6) is 0.0340. The molecule has 0 bridgehead atoms. The van der Waals surface area contributed by atoms with Crippen molar-refractivity contribution in [3.8, 4) is 5.75 Å². The summed E-state index contributed by atoms with van der Waals surface area (Å²) in [6.07, 6.45) is 0.211. The second kappa shape index (κ2) is 6.83. The molecule has 0 amide bonds. The maximum Gasteiger partial charge on any atom is 0.271 e. The summed E-state index contributed by atoms with van der Waals surface area (Å²) in [7, 11) is -2.60. The minimum absolute atomic E-state index is 0.0340. The van der Waals surface area contributed by atoms with E-state index in [9.17, 15) is 18.5 Å². The molecular weight excluding hydrogens is 300 g/mol. The van der Waals surface area contributed by atoms with E-state index in [-0.39, 0.29) is 17.5 Å². The number of non-ortho nitro benzene ring substituents is 1. The Hall–Kier alpha value is -1.71. The van der Waals surface area contributed by atoms with Gasteiger partial charge >= 0.3 is 0 Å². The predicted octanol–water partition coefficient (Wildman–Crippen LogP) is 1.35.